The zero-order chi connectivity index (χ0) is 7.56. The molecule has 1 heterocycles. The summed E-state index contributed by atoms with van der Waals surface area (Å²) in [7, 11) is 2.05. The molecule has 4 heteroatoms. The van der Waals surface area contributed by atoms with E-state index in [1.54, 1.807) is 0 Å². The van der Waals surface area contributed by atoms with E-state index in [2.05, 4.69) is 17.7 Å². The third kappa shape index (κ3) is 1.64. The zero-order valence-electron chi connectivity index (χ0n) is 6.03. The molecule has 0 aliphatic carbocycles. The first kappa shape index (κ1) is 7.88. The van der Waals surface area contributed by atoms with E-state index in [-0.39, 0.29) is 0 Å². The van der Waals surface area contributed by atoms with Gasteiger partial charge in [0.2, 0.25) is 6.41 Å². The Kier molecular flexibility index (Phi) is 2.56. The van der Waals surface area contributed by atoms with Gasteiger partial charge in [-0.1, -0.05) is 12.8 Å². The first-order valence-corrected chi connectivity index (χ1v) is 3.75. The van der Waals surface area contributed by atoms with Gasteiger partial charge in [-0.2, -0.15) is 0 Å². The van der Waals surface area contributed by atoms with E-state index in [0.29, 0.717) is 6.04 Å². The summed E-state index contributed by atoms with van der Waals surface area (Å²) in [5.41, 5.74) is 0. The minimum Gasteiger partial charge on any atom is -0.304 e. The standard InChI is InChI=1S/C6H12N2OS/c1-7-3-2-6(4-7)8(10)5-9/h5-6,10H,2-4H2,1H3. The largest absolute Gasteiger partial charge is 0.304 e. The van der Waals surface area contributed by atoms with Crippen LogP contribution in [0.25, 0.3) is 0 Å². The van der Waals surface area contributed by atoms with Gasteiger partial charge in [0.1, 0.15) is 0 Å². The molecular weight excluding hydrogens is 148 g/mol. The van der Waals surface area contributed by atoms with Crippen LogP contribution in [0, 0.1) is 0 Å². The number of nitrogens with zero attached hydrogens (tertiary/aromatic N) is 2. The molecule has 0 bridgehead atoms. The van der Waals surface area contributed by atoms with Gasteiger partial charge >= 0.3 is 0 Å². The highest BCUT2D eigenvalue weighted by Gasteiger charge is 2.22. The number of carbonyl (C=O) groups excluding carboxylic acids is 1. The van der Waals surface area contributed by atoms with Crippen molar-refractivity contribution in [2.75, 3.05) is 20.1 Å². The Bertz CT molecular complexity index is 131. The van der Waals surface area contributed by atoms with Gasteiger partial charge in [0, 0.05) is 6.54 Å². The van der Waals surface area contributed by atoms with E-state index in [4.69, 9.17) is 0 Å². The first-order chi connectivity index (χ1) is 4.74. The molecule has 10 heavy (non-hydrogen) atoms. The molecule has 0 radical (unpaired) electrons. The summed E-state index contributed by atoms with van der Waals surface area (Å²) in [4.78, 5) is 12.4. The lowest BCUT2D eigenvalue weighted by atomic mass is 10.3. The molecule has 58 valence electrons. The SMILES string of the molecule is CN1CCC(N(S)C=O)C1. The van der Waals surface area contributed by atoms with Crippen molar-refractivity contribution in [1.29, 1.82) is 0 Å². The Hall–Kier alpha value is -0.220. The summed E-state index contributed by atoms with van der Waals surface area (Å²) < 4.78 is 1.45. The average molecular weight is 160 g/mol. The quantitative estimate of drug-likeness (QED) is 0.454. The van der Waals surface area contributed by atoms with Crippen molar-refractivity contribution in [2.45, 2.75) is 12.5 Å². The molecule has 1 fully saturated rings. The van der Waals surface area contributed by atoms with Crippen LogP contribution in [0.5, 0.6) is 0 Å². The van der Waals surface area contributed by atoms with Gasteiger partial charge in [0.15, 0.2) is 0 Å². The van der Waals surface area contributed by atoms with E-state index >= 15 is 0 Å². The Morgan fingerprint density at radius 2 is 2.50 bits per heavy atom. The lowest BCUT2D eigenvalue weighted by Crippen LogP contribution is -2.28. The molecule has 1 aliphatic rings. The van der Waals surface area contributed by atoms with Crippen LogP contribution in [-0.2, 0) is 4.79 Å². The van der Waals surface area contributed by atoms with Crippen LogP contribution in [-0.4, -0.2) is 41.8 Å². The van der Waals surface area contributed by atoms with Crippen molar-refractivity contribution >= 4 is 19.2 Å². The maximum Gasteiger partial charge on any atom is 0.219 e. The predicted molar refractivity (Wildman–Crippen MR) is 42.8 cm³/mol. The summed E-state index contributed by atoms with van der Waals surface area (Å²) in [6.07, 6.45) is 1.81. The summed E-state index contributed by atoms with van der Waals surface area (Å²) in [6, 6.07) is 0.311. The molecule has 0 N–H and O–H groups in total. The van der Waals surface area contributed by atoms with Gasteiger partial charge in [0.05, 0.1) is 6.04 Å². The van der Waals surface area contributed by atoms with Crippen LogP contribution in [0.2, 0.25) is 0 Å². The Morgan fingerprint density at radius 3 is 2.90 bits per heavy atom. The maximum absolute atomic E-state index is 10.2. The summed E-state index contributed by atoms with van der Waals surface area (Å²) >= 11 is 4.00. The smallest absolute Gasteiger partial charge is 0.219 e. The van der Waals surface area contributed by atoms with Crippen molar-refractivity contribution in [1.82, 2.24) is 9.21 Å². The molecule has 3 nitrogen and oxygen atoms in total. The first-order valence-electron chi connectivity index (χ1n) is 3.35. The molecule has 0 aromatic heterocycles. The molecular formula is C6H12N2OS. The van der Waals surface area contributed by atoms with E-state index in [0.717, 1.165) is 25.9 Å². The highest BCUT2D eigenvalue weighted by molar-refractivity contribution is 7.78. The highest BCUT2D eigenvalue weighted by Crippen LogP contribution is 2.13. The van der Waals surface area contributed by atoms with Gasteiger partial charge in [-0.25, -0.2) is 0 Å². The molecule has 1 amide bonds. The molecule has 0 aromatic carbocycles. The van der Waals surface area contributed by atoms with Crippen LogP contribution in [0.3, 0.4) is 0 Å². The van der Waals surface area contributed by atoms with Gasteiger partial charge < -0.3 is 4.90 Å². The third-order valence-corrected chi connectivity index (χ3v) is 2.27. The van der Waals surface area contributed by atoms with Crippen molar-refractivity contribution in [3.05, 3.63) is 0 Å². The third-order valence-electron chi connectivity index (χ3n) is 1.85. The topological polar surface area (TPSA) is 23.6 Å². The fraction of sp³-hybridized carbons (Fsp3) is 0.833. The van der Waals surface area contributed by atoms with Crippen LogP contribution in [0.4, 0.5) is 0 Å². The minimum atomic E-state index is 0.311. The van der Waals surface area contributed by atoms with Gasteiger partial charge in [-0.05, 0) is 20.0 Å². The number of rotatable bonds is 2. The number of hydrogen-bond acceptors (Lipinski definition) is 3. The summed E-state index contributed by atoms with van der Waals surface area (Å²) in [6.45, 7) is 2.01. The van der Waals surface area contributed by atoms with Crippen LogP contribution in [0.15, 0.2) is 0 Å². The van der Waals surface area contributed by atoms with E-state index in [1.807, 2.05) is 7.05 Å². The molecule has 1 rings (SSSR count). The number of amides is 1. The number of hydrogen-bond donors (Lipinski definition) is 1. The second-order valence-electron chi connectivity index (χ2n) is 2.69. The number of likely N-dealkylation sites (N-methyl/N-ethyl adjacent to an activating group) is 1. The lowest BCUT2D eigenvalue weighted by Gasteiger charge is -2.16. The van der Waals surface area contributed by atoms with Crippen molar-refractivity contribution in [3.63, 3.8) is 0 Å². The van der Waals surface area contributed by atoms with Crippen molar-refractivity contribution in [3.8, 4) is 0 Å². The second-order valence-corrected chi connectivity index (χ2v) is 3.15. The molecule has 1 aliphatic heterocycles. The average Bonchev–Trinajstić information content (AvgIpc) is 2.34. The maximum atomic E-state index is 10.2. The van der Waals surface area contributed by atoms with Crippen molar-refractivity contribution in [2.24, 2.45) is 0 Å². The molecule has 0 spiro atoms. The van der Waals surface area contributed by atoms with Gasteiger partial charge in [-0.3, -0.25) is 9.10 Å². The Balaban J connectivity index is 2.36. The molecule has 0 saturated carbocycles. The van der Waals surface area contributed by atoms with Gasteiger partial charge in [-0.15, -0.1) is 0 Å². The van der Waals surface area contributed by atoms with Gasteiger partial charge in [0.25, 0.3) is 0 Å². The Morgan fingerprint density at radius 1 is 1.80 bits per heavy atom. The highest BCUT2D eigenvalue weighted by atomic mass is 32.1. The van der Waals surface area contributed by atoms with Crippen LogP contribution in [0.1, 0.15) is 6.42 Å². The molecule has 1 saturated heterocycles. The molecule has 1 atom stereocenters. The Labute approximate surface area is 66.5 Å². The summed E-state index contributed by atoms with van der Waals surface area (Å²) in [5, 5.41) is 0. The normalized spacial score (nSPS) is 26.8. The monoisotopic (exact) mass is 160 g/mol. The van der Waals surface area contributed by atoms with Crippen molar-refractivity contribution < 1.29 is 4.79 Å². The zero-order valence-corrected chi connectivity index (χ0v) is 6.92. The number of thiol groups is 1. The van der Waals surface area contributed by atoms with E-state index in [1.165, 1.54) is 4.31 Å². The number of carbonyl (C=O) groups is 1. The molecule has 0 aromatic rings. The van der Waals surface area contributed by atoms with E-state index < -0.39 is 0 Å². The summed E-state index contributed by atoms with van der Waals surface area (Å²) in [5.74, 6) is 0. The minimum absolute atomic E-state index is 0.311. The number of likely N-dealkylation sites (tertiary alicyclic amines) is 1. The fourth-order valence-electron chi connectivity index (χ4n) is 1.21. The predicted octanol–water partition coefficient (Wildman–Crippen LogP) is -0.00630. The van der Waals surface area contributed by atoms with Crippen LogP contribution < -0.4 is 0 Å². The lowest BCUT2D eigenvalue weighted by molar-refractivity contribution is -0.114. The fourth-order valence-corrected chi connectivity index (χ4v) is 1.40. The molecule has 1 unspecified atom stereocenters. The second kappa shape index (κ2) is 3.25. The van der Waals surface area contributed by atoms with Crippen LogP contribution >= 0.6 is 12.8 Å². The van der Waals surface area contributed by atoms with E-state index in [9.17, 15) is 4.79 Å².